The normalized spacial score (nSPS) is 14.9. The van der Waals surface area contributed by atoms with Crippen LogP contribution in [0.25, 0.3) is 21.5 Å². The van der Waals surface area contributed by atoms with Gasteiger partial charge in [0.1, 0.15) is 4.70 Å². The van der Waals surface area contributed by atoms with Crippen molar-refractivity contribution in [2.75, 3.05) is 18.0 Å². The summed E-state index contributed by atoms with van der Waals surface area (Å²) < 4.78 is 45.6. The minimum atomic E-state index is -4.84. The fourth-order valence-electron chi connectivity index (χ4n) is 4.34. The summed E-state index contributed by atoms with van der Waals surface area (Å²) in [5.41, 5.74) is -2.56. The number of hydrogen-bond donors (Lipinski definition) is 0. The minimum Gasteiger partial charge on any atom is -0.348 e. The first-order valence-electron chi connectivity index (χ1n) is 11.0. The van der Waals surface area contributed by atoms with Crippen LogP contribution in [0.5, 0.6) is 0 Å². The predicted molar refractivity (Wildman–Crippen MR) is 126 cm³/mol. The average molecular weight is 517 g/mol. The summed E-state index contributed by atoms with van der Waals surface area (Å²) in [6.07, 6.45) is -3.63. The summed E-state index contributed by atoms with van der Waals surface area (Å²) >= 11 is 0.849. The number of nitro benzene ring substituents is 1. The molecule has 0 unspecified atom stereocenters. The van der Waals surface area contributed by atoms with E-state index in [9.17, 15) is 28.1 Å². The van der Waals surface area contributed by atoms with Crippen molar-refractivity contribution >= 4 is 32.2 Å². The Hall–Kier alpha value is -3.87. The lowest BCUT2D eigenvalue weighted by Crippen LogP contribution is -2.34. The fourth-order valence-corrected chi connectivity index (χ4v) is 5.54. The molecule has 3 heterocycles. The lowest BCUT2D eigenvalue weighted by atomic mass is 9.97. The van der Waals surface area contributed by atoms with Crippen molar-refractivity contribution in [3.8, 4) is 11.4 Å². The first-order chi connectivity index (χ1) is 17.1. The molecule has 36 heavy (non-hydrogen) atoms. The van der Waals surface area contributed by atoms with Crippen molar-refractivity contribution in [1.29, 1.82) is 0 Å². The van der Waals surface area contributed by atoms with E-state index in [4.69, 9.17) is 4.52 Å². The van der Waals surface area contributed by atoms with E-state index in [0.717, 1.165) is 23.8 Å². The van der Waals surface area contributed by atoms with Crippen LogP contribution < -0.4 is 10.5 Å². The molecule has 0 saturated carbocycles. The van der Waals surface area contributed by atoms with Crippen molar-refractivity contribution in [2.45, 2.75) is 31.9 Å². The van der Waals surface area contributed by atoms with Gasteiger partial charge in [-0.3, -0.25) is 14.9 Å². The van der Waals surface area contributed by atoms with Gasteiger partial charge >= 0.3 is 6.18 Å². The number of piperidine rings is 1. The zero-order valence-corrected chi connectivity index (χ0v) is 19.6. The molecule has 0 amide bonds. The van der Waals surface area contributed by atoms with Crippen LogP contribution in [0.1, 0.15) is 35.8 Å². The zero-order chi connectivity index (χ0) is 25.6. The van der Waals surface area contributed by atoms with Crippen molar-refractivity contribution in [1.82, 2.24) is 15.1 Å². The molecule has 13 heteroatoms. The molecular formula is C23H18F3N5O4S. The molecule has 1 aliphatic heterocycles. The van der Waals surface area contributed by atoms with Gasteiger partial charge in [-0.25, -0.2) is 0 Å². The van der Waals surface area contributed by atoms with Crippen LogP contribution in [-0.4, -0.2) is 33.1 Å². The summed E-state index contributed by atoms with van der Waals surface area (Å²) in [7, 11) is 0. The Balaban J connectivity index is 1.42. The smallest absolute Gasteiger partial charge is 0.348 e. The Morgan fingerprint density at radius 1 is 1.17 bits per heavy atom. The molecule has 0 bridgehead atoms. The highest BCUT2D eigenvalue weighted by Crippen LogP contribution is 2.42. The molecule has 0 spiro atoms. The Bertz CT molecular complexity index is 1510. The number of halogens is 3. The summed E-state index contributed by atoms with van der Waals surface area (Å²) in [5.74, 6) is 0.969. The molecule has 5 rings (SSSR count). The molecule has 2 aromatic carbocycles. The van der Waals surface area contributed by atoms with Gasteiger partial charge in [0.05, 0.1) is 15.9 Å². The van der Waals surface area contributed by atoms with Crippen molar-refractivity contribution in [3.63, 3.8) is 0 Å². The van der Waals surface area contributed by atoms with Crippen molar-refractivity contribution in [2.24, 2.45) is 0 Å². The van der Waals surface area contributed by atoms with E-state index in [2.05, 4.69) is 15.1 Å². The lowest BCUT2D eigenvalue weighted by Gasteiger charge is -2.30. The van der Waals surface area contributed by atoms with Gasteiger partial charge in [0.15, 0.2) is 5.13 Å². The van der Waals surface area contributed by atoms with E-state index in [0.29, 0.717) is 43.7 Å². The Morgan fingerprint density at radius 2 is 1.86 bits per heavy atom. The van der Waals surface area contributed by atoms with E-state index in [-0.39, 0.29) is 15.7 Å². The summed E-state index contributed by atoms with van der Waals surface area (Å²) in [5, 5.41) is 15.6. The molecular weight excluding hydrogens is 499 g/mol. The molecule has 0 N–H and O–H groups in total. The number of aromatic nitrogens is 3. The van der Waals surface area contributed by atoms with Crippen LogP contribution in [-0.2, 0) is 6.18 Å². The topological polar surface area (TPSA) is 115 Å². The van der Waals surface area contributed by atoms with Crippen LogP contribution >= 0.6 is 11.3 Å². The molecule has 186 valence electrons. The van der Waals surface area contributed by atoms with Crippen LogP contribution in [0.4, 0.5) is 24.0 Å². The standard InChI is InChI=1S/C23H18F3N5O4S/c1-12-16(23(24,25)26)11-15-18(17(12)31(33)34)36-22(28-20(15)32)30-9-7-14(8-10-30)21-27-19(29-35-21)13-5-3-2-4-6-13/h2-6,11,14H,7-10H2,1H3. The molecule has 0 aliphatic carbocycles. The second-order valence-electron chi connectivity index (χ2n) is 8.41. The van der Waals surface area contributed by atoms with Gasteiger partial charge in [-0.1, -0.05) is 46.8 Å². The molecule has 1 fully saturated rings. The quantitative estimate of drug-likeness (QED) is 0.264. The maximum absolute atomic E-state index is 13.4. The van der Waals surface area contributed by atoms with Crippen LogP contribution in [0, 0.1) is 17.0 Å². The van der Waals surface area contributed by atoms with E-state index in [1.165, 1.54) is 0 Å². The monoisotopic (exact) mass is 517 g/mol. The summed E-state index contributed by atoms with van der Waals surface area (Å²) in [6, 6.07) is 10.1. The highest BCUT2D eigenvalue weighted by molar-refractivity contribution is 7.22. The minimum absolute atomic E-state index is 0.0192. The summed E-state index contributed by atoms with van der Waals surface area (Å²) in [6.45, 7) is 1.95. The first-order valence-corrected chi connectivity index (χ1v) is 11.8. The molecule has 1 aliphatic rings. The molecule has 0 radical (unpaired) electrons. The first kappa shape index (κ1) is 23.9. The number of fused-ring (bicyclic) bond motifs is 1. The molecule has 0 atom stereocenters. The van der Waals surface area contributed by atoms with Crippen LogP contribution in [0.15, 0.2) is 45.7 Å². The van der Waals surface area contributed by atoms with Gasteiger partial charge in [-0.2, -0.15) is 23.1 Å². The number of rotatable bonds is 4. The third-order valence-corrected chi connectivity index (χ3v) is 7.35. The van der Waals surface area contributed by atoms with Gasteiger partial charge in [0.25, 0.3) is 11.2 Å². The molecule has 4 aromatic rings. The van der Waals surface area contributed by atoms with E-state index >= 15 is 0 Å². The number of nitro groups is 1. The maximum Gasteiger partial charge on any atom is 0.416 e. The second kappa shape index (κ2) is 8.97. The van der Waals surface area contributed by atoms with Gasteiger partial charge < -0.3 is 9.42 Å². The predicted octanol–water partition coefficient (Wildman–Crippen LogP) is 5.33. The van der Waals surface area contributed by atoms with Gasteiger partial charge in [-0.05, 0) is 25.8 Å². The Kier molecular flexibility index (Phi) is 5.94. The highest BCUT2D eigenvalue weighted by Gasteiger charge is 2.38. The van der Waals surface area contributed by atoms with Gasteiger partial charge in [-0.15, -0.1) is 0 Å². The van der Waals surface area contributed by atoms with Crippen LogP contribution in [0.3, 0.4) is 0 Å². The highest BCUT2D eigenvalue weighted by atomic mass is 32.1. The molecule has 9 nitrogen and oxygen atoms in total. The van der Waals surface area contributed by atoms with Crippen molar-refractivity contribution < 1.29 is 22.6 Å². The Labute approximate surface area is 205 Å². The third kappa shape index (κ3) is 4.30. The number of hydrogen-bond acceptors (Lipinski definition) is 9. The number of benzene rings is 2. The average Bonchev–Trinajstić information content (AvgIpc) is 3.34. The fraction of sp³-hybridized carbons (Fsp3) is 0.304. The number of alkyl halides is 3. The van der Waals surface area contributed by atoms with E-state index in [1.807, 2.05) is 30.3 Å². The zero-order valence-electron chi connectivity index (χ0n) is 18.8. The lowest BCUT2D eigenvalue weighted by molar-refractivity contribution is -0.383. The van der Waals surface area contributed by atoms with Crippen molar-refractivity contribution in [3.05, 3.63) is 73.9 Å². The summed E-state index contributed by atoms with van der Waals surface area (Å²) in [4.78, 5) is 33.8. The molecule has 1 saturated heterocycles. The number of anilines is 1. The van der Waals surface area contributed by atoms with E-state index < -0.39 is 38.9 Å². The van der Waals surface area contributed by atoms with E-state index in [1.54, 1.807) is 4.90 Å². The van der Waals surface area contributed by atoms with Gasteiger partial charge in [0, 0.05) is 30.1 Å². The third-order valence-electron chi connectivity index (χ3n) is 6.20. The van der Waals surface area contributed by atoms with Crippen LogP contribution in [0.2, 0.25) is 0 Å². The largest absolute Gasteiger partial charge is 0.416 e. The van der Waals surface area contributed by atoms with Gasteiger partial charge in [0.2, 0.25) is 11.7 Å². The maximum atomic E-state index is 13.4. The second-order valence-corrected chi connectivity index (χ2v) is 9.39. The Morgan fingerprint density at radius 3 is 2.50 bits per heavy atom. The molecule has 2 aromatic heterocycles. The SMILES string of the molecule is Cc1c(C(F)(F)F)cc2c(=O)nc(N3CCC(c4nc(-c5ccccc5)no4)CC3)sc2c1[N+](=O)[O-]. The number of nitrogens with zero attached hydrogens (tertiary/aromatic N) is 5.